The van der Waals surface area contributed by atoms with Crippen LogP contribution in [0.5, 0.6) is 0 Å². The summed E-state index contributed by atoms with van der Waals surface area (Å²) in [7, 11) is 1.85. The number of aryl methyl sites for hydroxylation is 3. The topological polar surface area (TPSA) is 40.8 Å². The van der Waals surface area contributed by atoms with Crippen LogP contribution in [0.15, 0.2) is 95.5 Å². The van der Waals surface area contributed by atoms with Gasteiger partial charge in [0.25, 0.3) is 0 Å². The molecular weight excluding hydrogens is 488 g/mol. The molecule has 0 aliphatic rings. The SMILES string of the molecule is [2H]C([2H])([2H])c1ccc(-c2c(C)ccc3c2oc2c(-c4cccc(-c5ccc(C(C)(C)C)cc5)c4)c(C#N)ccc23)[n+](C)c1. The smallest absolute Gasteiger partial charge is 0.216 e. The maximum absolute atomic E-state index is 10.2. The Morgan fingerprint density at radius 2 is 1.50 bits per heavy atom. The van der Waals surface area contributed by atoms with Crippen molar-refractivity contribution in [1.29, 1.82) is 5.26 Å². The molecular formula is C37H33N2O+. The van der Waals surface area contributed by atoms with Gasteiger partial charge in [-0.15, -0.1) is 0 Å². The molecule has 0 spiro atoms. The van der Waals surface area contributed by atoms with Gasteiger partial charge in [0, 0.05) is 32.1 Å². The molecule has 0 aliphatic carbocycles. The maximum atomic E-state index is 10.2. The second-order valence-corrected chi connectivity index (χ2v) is 11.5. The van der Waals surface area contributed by atoms with Gasteiger partial charge in [0.1, 0.15) is 18.2 Å². The second kappa shape index (κ2) is 9.50. The zero-order chi connectivity index (χ0) is 30.7. The zero-order valence-electron chi connectivity index (χ0n) is 26.5. The normalized spacial score (nSPS) is 13.2. The van der Waals surface area contributed by atoms with Crippen molar-refractivity contribution in [1.82, 2.24) is 0 Å². The highest BCUT2D eigenvalue weighted by atomic mass is 16.3. The summed E-state index contributed by atoms with van der Waals surface area (Å²) in [5.74, 6) is 0. The quantitative estimate of drug-likeness (QED) is 0.217. The number of nitriles is 1. The summed E-state index contributed by atoms with van der Waals surface area (Å²) >= 11 is 0. The number of hydrogen-bond donors (Lipinski definition) is 0. The lowest BCUT2D eigenvalue weighted by molar-refractivity contribution is -0.660. The van der Waals surface area contributed by atoms with Crippen molar-refractivity contribution in [2.75, 3.05) is 0 Å². The van der Waals surface area contributed by atoms with Crippen LogP contribution in [0, 0.1) is 25.1 Å². The summed E-state index contributed by atoms with van der Waals surface area (Å²) in [5.41, 5.74) is 10.1. The largest absolute Gasteiger partial charge is 0.454 e. The van der Waals surface area contributed by atoms with Gasteiger partial charge in [0.2, 0.25) is 5.69 Å². The van der Waals surface area contributed by atoms with E-state index in [2.05, 4.69) is 75.4 Å². The summed E-state index contributed by atoms with van der Waals surface area (Å²) in [6.45, 7) is 6.45. The summed E-state index contributed by atoms with van der Waals surface area (Å²) in [6.07, 6.45) is 1.65. The van der Waals surface area contributed by atoms with Crippen molar-refractivity contribution in [2.45, 2.75) is 40.0 Å². The first-order valence-corrected chi connectivity index (χ1v) is 13.5. The van der Waals surface area contributed by atoms with E-state index in [0.717, 1.165) is 49.8 Å². The fourth-order valence-corrected chi connectivity index (χ4v) is 5.58. The van der Waals surface area contributed by atoms with E-state index in [9.17, 15) is 5.26 Å². The lowest BCUT2D eigenvalue weighted by Crippen LogP contribution is -2.31. The second-order valence-electron chi connectivity index (χ2n) is 11.5. The number of aromatic nitrogens is 1. The molecule has 0 radical (unpaired) electrons. The summed E-state index contributed by atoms with van der Waals surface area (Å²) in [4.78, 5) is 0. The Kier molecular flexibility index (Phi) is 5.27. The first-order chi connectivity index (χ1) is 20.4. The van der Waals surface area contributed by atoms with E-state index in [0.29, 0.717) is 16.7 Å². The molecule has 0 N–H and O–H groups in total. The Bertz CT molecular complexity index is 2070. The Morgan fingerprint density at radius 3 is 2.17 bits per heavy atom. The third kappa shape index (κ3) is 4.27. The highest BCUT2D eigenvalue weighted by molar-refractivity contribution is 6.14. The molecule has 0 saturated heterocycles. The lowest BCUT2D eigenvalue weighted by Gasteiger charge is -2.19. The molecule has 0 saturated carbocycles. The van der Waals surface area contributed by atoms with Crippen LogP contribution < -0.4 is 4.57 Å². The number of fused-ring (bicyclic) bond motifs is 3. The third-order valence-corrected chi connectivity index (χ3v) is 7.76. The Labute approximate surface area is 240 Å². The average Bonchev–Trinajstić information content (AvgIpc) is 3.34. The molecule has 40 heavy (non-hydrogen) atoms. The Balaban J connectivity index is 1.55. The van der Waals surface area contributed by atoms with Crippen molar-refractivity contribution < 1.29 is 13.1 Å². The van der Waals surface area contributed by atoms with Crippen molar-refractivity contribution in [3.05, 3.63) is 113 Å². The number of nitrogens with zero attached hydrogens (tertiary/aromatic N) is 2. The van der Waals surface area contributed by atoms with Crippen molar-refractivity contribution in [2.24, 2.45) is 7.05 Å². The van der Waals surface area contributed by atoms with Gasteiger partial charge in [0.05, 0.1) is 17.2 Å². The van der Waals surface area contributed by atoms with Gasteiger partial charge in [-0.2, -0.15) is 5.26 Å². The number of pyridine rings is 1. The fraction of sp³-hybridized carbons (Fsp3) is 0.189. The molecule has 4 aromatic carbocycles. The van der Waals surface area contributed by atoms with Gasteiger partial charge in [-0.1, -0.05) is 75.4 Å². The van der Waals surface area contributed by atoms with E-state index < -0.39 is 6.85 Å². The number of furan rings is 1. The van der Waals surface area contributed by atoms with Gasteiger partial charge in [0.15, 0.2) is 6.20 Å². The monoisotopic (exact) mass is 524 g/mol. The molecule has 3 heteroatoms. The van der Waals surface area contributed by atoms with Crippen LogP contribution in [0.1, 0.15) is 47.1 Å². The Morgan fingerprint density at radius 1 is 0.800 bits per heavy atom. The van der Waals surface area contributed by atoms with E-state index >= 15 is 0 Å². The number of rotatable bonds is 3. The lowest BCUT2D eigenvalue weighted by atomic mass is 9.86. The van der Waals surface area contributed by atoms with Crippen molar-refractivity contribution in [3.8, 4) is 39.6 Å². The first-order valence-electron chi connectivity index (χ1n) is 15.0. The van der Waals surface area contributed by atoms with E-state index in [4.69, 9.17) is 8.53 Å². The number of benzene rings is 4. The van der Waals surface area contributed by atoms with Crippen LogP contribution in [-0.2, 0) is 12.5 Å². The Hall–Kier alpha value is -4.68. The summed E-state index contributed by atoms with van der Waals surface area (Å²) in [6, 6.07) is 30.7. The molecule has 0 fully saturated rings. The average molecular weight is 525 g/mol. The van der Waals surface area contributed by atoms with Crippen molar-refractivity contribution in [3.63, 3.8) is 0 Å². The predicted octanol–water partition coefficient (Wildman–Crippen LogP) is 9.20. The molecule has 0 amide bonds. The van der Waals surface area contributed by atoms with Gasteiger partial charge >= 0.3 is 0 Å². The highest BCUT2D eigenvalue weighted by Crippen LogP contribution is 2.42. The van der Waals surface area contributed by atoms with Crippen LogP contribution in [0.4, 0.5) is 0 Å². The van der Waals surface area contributed by atoms with Crippen LogP contribution in [0.2, 0.25) is 0 Å². The third-order valence-electron chi connectivity index (χ3n) is 7.76. The molecule has 3 nitrogen and oxygen atoms in total. The van der Waals surface area contributed by atoms with Crippen LogP contribution in [-0.4, -0.2) is 0 Å². The molecule has 0 unspecified atom stereocenters. The minimum atomic E-state index is -2.19. The van der Waals surface area contributed by atoms with Gasteiger partial charge in [-0.3, -0.25) is 0 Å². The van der Waals surface area contributed by atoms with E-state index in [1.807, 2.05) is 48.9 Å². The summed E-state index contributed by atoms with van der Waals surface area (Å²) in [5, 5.41) is 12.0. The van der Waals surface area contributed by atoms with Crippen molar-refractivity contribution >= 4 is 21.9 Å². The predicted molar refractivity (Wildman–Crippen MR) is 164 cm³/mol. The summed E-state index contributed by atoms with van der Waals surface area (Å²) < 4.78 is 32.0. The molecule has 6 rings (SSSR count). The maximum Gasteiger partial charge on any atom is 0.216 e. The van der Waals surface area contributed by atoms with E-state index in [1.165, 1.54) is 5.56 Å². The zero-order valence-corrected chi connectivity index (χ0v) is 23.5. The van der Waals surface area contributed by atoms with Crippen LogP contribution in [0.3, 0.4) is 0 Å². The molecule has 0 aliphatic heterocycles. The first kappa shape index (κ1) is 22.2. The van der Waals surface area contributed by atoms with E-state index in [-0.39, 0.29) is 11.0 Å². The van der Waals surface area contributed by atoms with Crippen LogP contribution in [0.25, 0.3) is 55.4 Å². The molecule has 0 atom stereocenters. The molecule has 6 aromatic rings. The van der Waals surface area contributed by atoms with Gasteiger partial charge in [-0.05, 0) is 71.3 Å². The molecule has 196 valence electrons. The standard InChI is InChI=1S/C37H33N2O/c1-23-10-19-32(39(6)22-23)33-24(2)11-17-30-31-18-14-28(21-38)34(36(31)40-35(30)33)27-9-7-8-26(20-27)25-12-15-29(16-13-25)37(3,4)5/h7-20,22H,1-6H3/q+1/i1D3. The van der Waals surface area contributed by atoms with Gasteiger partial charge < -0.3 is 4.42 Å². The minimum Gasteiger partial charge on any atom is -0.454 e. The number of hydrogen-bond acceptors (Lipinski definition) is 2. The fourth-order valence-electron chi connectivity index (χ4n) is 5.58. The highest BCUT2D eigenvalue weighted by Gasteiger charge is 2.23. The van der Waals surface area contributed by atoms with Crippen LogP contribution >= 0.6 is 0 Å². The molecule has 2 heterocycles. The minimum absolute atomic E-state index is 0.0742. The van der Waals surface area contributed by atoms with Gasteiger partial charge in [-0.25, -0.2) is 4.57 Å². The van der Waals surface area contributed by atoms with E-state index in [1.54, 1.807) is 12.3 Å². The molecule has 2 aromatic heterocycles. The molecule has 0 bridgehead atoms.